The lowest BCUT2D eigenvalue weighted by molar-refractivity contribution is -0.00954. The van der Waals surface area contributed by atoms with E-state index in [1.807, 2.05) is 21.0 Å². The van der Waals surface area contributed by atoms with E-state index in [0.717, 1.165) is 32.7 Å². The summed E-state index contributed by atoms with van der Waals surface area (Å²) in [6.45, 7) is 9.00. The van der Waals surface area contributed by atoms with Gasteiger partial charge in [0.2, 0.25) is 0 Å². The van der Waals surface area contributed by atoms with E-state index >= 15 is 0 Å². The maximum Gasteiger partial charge on any atom is 0.0718 e. The summed E-state index contributed by atoms with van der Waals surface area (Å²) in [5.41, 5.74) is -0.575. The Bertz CT molecular complexity index is 270. The molecule has 0 aromatic carbocycles. The second-order valence-corrected chi connectivity index (χ2v) is 6.80. The van der Waals surface area contributed by atoms with Crippen molar-refractivity contribution < 1.29 is 9.84 Å². The molecule has 0 aromatic rings. The van der Waals surface area contributed by atoms with Crippen LogP contribution in [0.15, 0.2) is 0 Å². The van der Waals surface area contributed by atoms with Crippen LogP contribution in [0.5, 0.6) is 0 Å². The maximum absolute atomic E-state index is 9.88. The van der Waals surface area contributed by atoms with Gasteiger partial charge in [0.05, 0.1) is 11.7 Å². The van der Waals surface area contributed by atoms with Crippen molar-refractivity contribution in [2.75, 3.05) is 39.8 Å². The molecule has 0 radical (unpaired) electrons. The second kappa shape index (κ2) is 6.53. The Morgan fingerprint density at radius 1 is 1.16 bits per heavy atom. The van der Waals surface area contributed by atoms with Crippen molar-refractivity contribution in [1.82, 2.24) is 9.80 Å². The Hall–Kier alpha value is -0.160. The molecule has 4 nitrogen and oxygen atoms in total. The highest BCUT2D eigenvalue weighted by molar-refractivity contribution is 4.85. The molecule has 19 heavy (non-hydrogen) atoms. The number of piperazine rings is 1. The average Bonchev–Trinajstić information content (AvgIpc) is 2.38. The summed E-state index contributed by atoms with van der Waals surface area (Å²) in [4.78, 5) is 5.01. The van der Waals surface area contributed by atoms with E-state index < -0.39 is 5.60 Å². The van der Waals surface area contributed by atoms with Crippen molar-refractivity contribution in [1.29, 1.82) is 0 Å². The minimum atomic E-state index is -0.575. The van der Waals surface area contributed by atoms with Crippen LogP contribution >= 0.6 is 0 Å². The monoisotopic (exact) mass is 270 g/mol. The third-order valence-electron chi connectivity index (χ3n) is 4.47. The summed E-state index contributed by atoms with van der Waals surface area (Å²) >= 11 is 0. The average molecular weight is 270 g/mol. The molecule has 1 saturated heterocycles. The van der Waals surface area contributed by atoms with Gasteiger partial charge < -0.3 is 9.84 Å². The van der Waals surface area contributed by atoms with Crippen LogP contribution in [0.4, 0.5) is 0 Å². The van der Waals surface area contributed by atoms with E-state index in [-0.39, 0.29) is 0 Å². The molecular formula is C15H30N2O2. The first-order valence-electron chi connectivity index (χ1n) is 7.69. The van der Waals surface area contributed by atoms with Crippen molar-refractivity contribution in [3.8, 4) is 0 Å². The lowest BCUT2D eigenvalue weighted by Gasteiger charge is -2.43. The number of nitrogens with zero attached hydrogens (tertiary/aromatic N) is 2. The van der Waals surface area contributed by atoms with Crippen LogP contribution in [0.2, 0.25) is 0 Å². The van der Waals surface area contributed by atoms with Crippen LogP contribution in [-0.4, -0.2) is 72.5 Å². The molecule has 1 heterocycles. The van der Waals surface area contributed by atoms with E-state index in [1.54, 1.807) is 0 Å². The van der Waals surface area contributed by atoms with Crippen LogP contribution in [-0.2, 0) is 4.74 Å². The molecule has 1 N–H and O–H groups in total. The van der Waals surface area contributed by atoms with Gasteiger partial charge in [-0.15, -0.1) is 0 Å². The molecular weight excluding hydrogens is 240 g/mol. The van der Waals surface area contributed by atoms with Gasteiger partial charge in [-0.05, 0) is 39.5 Å². The van der Waals surface area contributed by atoms with Gasteiger partial charge in [0, 0.05) is 45.9 Å². The highest BCUT2D eigenvalue weighted by Crippen LogP contribution is 2.25. The first-order chi connectivity index (χ1) is 8.98. The summed E-state index contributed by atoms with van der Waals surface area (Å²) in [6.07, 6.45) is 5.51. The summed E-state index contributed by atoms with van der Waals surface area (Å²) in [5, 5.41) is 9.88. The van der Waals surface area contributed by atoms with E-state index in [0.29, 0.717) is 12.1 Å². The van der Waals surface area contributed by atoms with Crippen LogP contribution in [0.1, 0.15) is 39.5 Å². The second-order valence-electron chi connectivity index (χ2n) is 6.80. The van der Waals surface area contributed by atoms with E-state index in [9.17, 15) is 5.11 Å². The summed E-state index contributed by atoms with van der Waals surface area (Å²) < 4.78 is 5.53. The molecule has 2 atom stereocenters. The molecule has 0 aromatic heterocycles. The van der Waals surface area contributed by atoms with E-state index in [2.05, 4.69) is 9.80 Å². The van der Waals surface area contributed by atoms with Crippen LogP contribution in [0.25, 0.3) is 0 Å². The molecule has 1 aliphatic carbocycles. The van der Waals surface area contributed by atoms with Gasteiger partial charge in [0.1, 0.15) is 0 Å². The number of aliphatic hydroxyl groups is 1. The van der Waals surface area contributed by atoms with Crippen LogP contribution in [0, 0.1) is 0 Å². The van der Waals surface area contributed by atoms with E-state index in [1.165, 1.54) is 25.7 Å². The molecule has 4 heteroatoms. The third-order valence-corrected chi connectivity index (χ3v) is 4.47. The predicted molar refractivity (Wildman–Crippen MR) is 77.4 cm³/mol. The molecule has 2 unspecified atom stereocenters. The number of rotatable bonds is 4. The highest BCUT2D eigenvalue weighted by Gasteiger charge is 2.30. The van der Waals surface area contributed by atoms with Gasteiger partial charge in [-0.25, -0.2) is 0 Å². The van der Waals surface area contributed by atoms with Crippen molar-refractivity contribution in [3.63, 3.8) is 0 Å². The molecule has 0 spiro atoms. The van der Waals surface area contributed by atoms with Crippen molar-refractivity contribution >= 4 is 0 Å². The molecule has 112 valence electrons. The molecule has 1 saturated carbocycles. The normalized spacial score (nSPS) is 31.6. The van der Waals surface area contributed by atoms with Gasteiger partial charge in [0.15, 0.2) is 0 Å². The number of β-amino-alcohol motifs (C(OH)–C–C–N with tert-alkyl or cyclic N) is 1. The Morgan fingerprint density at radius 3 is 2.42 bits per heavy atom. The molecule has 0 amide bonds. The number of hydrogen-bond acceptors (Lipinski definition) is 4. The smallest absolute Gasteiger partial charge is 0.0718 e. The Labute approximate surface area is 117 Å². The van der Waals surface area contributed by atoms with Crippen LogP contribution < -0.4 is 0 Å². The zero-order valence-electron chi connectivity index (χ0n) is 12.8. The zero-order valence-corrected chi connectivity index (χ0v) is 12.8. The van der Waals surface area contributed by atoms with Gasteiger partial charge in [-0.2, -0.15) is 0 Å². The lowest BCUT2D eigenvalue weighted by atomic mass is 9.91. The number of ether oxygens (including phenoxy) is 1. The molecule has 2 aliphatic rings. The minimum absolute atomic E-state index is 0.466. The van der Waals surface area contributed by atoms with E-state index in [4.69, 9.17) is 4.74 Å². The Balaban J connectivity index is 1.76. The fraction of sp³-hybridized carbons (Fsp3) is 1.00. The molecule has 2 rings (SSSR count). The van der Waals surface area contributed by atoms with Crippen LogP contribution in [0.3, 0.4) is 0 Å². The van der Waals surface area contributed by atoms with Gasteiger partial charge in [0.25, 0.3) is 0 Å². The fourth-order valence-electron chi connectivity index (χ4n) is 3.50. The predicted octanol–water partition coefficient (Wildman–Crippen LogP) is 1.33. The maximum atomic E-state index is 9.88. The van der Waals surface area contributed by atoms with Crippen molar-refractivity contribution in [2.24, 2.45) is 0 Å². The number of hydrogen-bond donors (Lipinski definition) is 1. The molecule has 0 bridgehead atoms. The van der Waals surface area contributed by atoms with Gasteiger partial charge >= 0.3 is 0 Å². The quantitative estimate of drug-likeness (QED) is 0.836. The third kappa shape index (κ3) is 4.71. The Kier molecular flexibility index (Phi) is 5.23. The lowest BCUT2D eigenvalue weighted by Crippen LogP contribution is -2.54. The number of methoxy groups -OCH3 is 1. The van der Waals surface area contributed by atoms with Gasteiger partial charge in [-0.1, -0.05) is 0 Å². The summed E-state index contributed by atoms with van der Waals surface area (Å²) in [6, 6.07) is 0.711. The molecule has 1 aliphatic heterocycles. The fourth-order valence-corrected chi connectivity index (χ4v) is 3.50. The molecule has 2 fully saturated rings. The van der Waals surface area contributed by atoms with Gasteiger partial charge in [-0.3, -0.25) is 9.80 Å². The standard InChI is InChI=1S/C15H30N2O2/c1-15(2,18)12-16-7-9-17(10-8-16)13-5-4-6-14(11-13)19-3/h13-14,18H,4-12H2,1-3H3. The minimum Gasteiger partial charge on any atom is -0.389 e. The summed E-state index contributed by atoms with van der Waals surface area (Å²) in [5.74, 6) is 0. The largest absolute Gasteiger partial charge is 0.389 e. The summed E-state index contributed by atoms with van der Waals surface area (Å²) in [7, 11) is 1.84. The van der Waals surface area contributed by atoms with Crippen molar-refractivity contribution in [2.45, 2.75) is 57.3 Å². The zero-order chi connectivity index (χ0) is 13.9. The SMILES string of the molecule is COC1CCCC(N2CCN(CC(C)(C)O)CC2)C1. The van der Waals surface area contributed by atoms with Crippen molar-refractivity contribution in [3.05, 3.63) is 0 Å². The Morgan fingerprint density at radius 2 is 1.84 bits per heavy atom. The topological polar surface area (TPSA) is 35.9 Å². The first-order valence-corrected chi connectivity index (χ1v) is 7.69. The highest BCUT2D eigenvalue weighted by atomic mass is 16.5. The first kappa shape index (κ1) is 15.2.